The maximum absolute atomic E-state index is 12.8. The zero-order valence-corrected chi connectivity index (χ0v) is 19.5. The van der Waals surface area contributed by atoms with E-state index in [0.29, 0.717) is 18.7 Å². The Labute approximate surface area is 194 Å². The molecule has 0 aliphatic heterocycles. The summed E-state index contributed by atoms with van der Waals surface area (Å²) in [5, 5.41) is 0. The second-order valence-corrected chi connectivity index (χ2v) is 8.44. The second-order valence-electron chi connectivity index (χ2n) is 8.44. The van der Waals surface area contributed by atoms with Crippen LogP contribution in [0.3, 0.4) is 0 Å². The molecular weight excluding hydrogens is 412 g/mol. The van der Waals surface area contributed by atoms with Gasteiger partial charge >= 0.3 is 0 Å². The predicted octanol–water partition coefficient (Wildman–Crippen LogP) is 5.18. The SMILES string of the molecule is Cc1cc(C)cc(OCCCCn2c(CN(C)C(=O)c3ccncc3)nc3ccccc32)c1. The third-order valence-electron chi connectivity index (χ3n) is 5.63. The number of hydrogen-bond donors (Lipinski definition) is 0. The van der Waals surface area contributed by atoms with Crippen LogP contribution in [0.25, 0.3) is 11.0 Å². The van der Waals surface area contributed by atoms with Gasteiger partial charge in [0.25, 0.3) is 5.91 Å². The number of aromatic nitrogens is 3. The number of unbranched alkanes of at least 4 members (excludes halogenated alkanes) is 1. The van der Waals surface area contributed by atoms with E-state index in [0.717, 1.165) is 42.0 Å². The molecule has 1 amide bonds. The minimum Gasteiger partial charge on any atom is -0.494 e. The molecule has 0 saturated heterocycles. The molecule has 6 heteroatoms. The van der Waals surface area contributed by atoms with Crippen LogP contribution in [0.2, 0.25) is 0 Å². The molecule has 0 spiro atoms. The Kier molecular flexibility index (Phi) is 7.03. The highest BCUT2D eigenvalue weighted by atomic mass is 16.5. The summed E-state index contributed by atoms with van der Waals surface area (Å²) in [5.41, 5.74) is 5.09. The van der Waals surface area contributed by atoms with Crippen molar-refractivity contribution in [3.8, 4) is 5.75 Å². The molecule has 0 fully saturated rings. The van der Waals surface area contributed by atoms with E-state index < -0.39 is 0 Å². The number of fused-ring (bicyclic) bond motifs is 1. The number of carbonyl (C=O) groups is 1. The van der Waals surface area contributed by atoms with Crippen LogP contribution < -0.4 is 4.74 Å². The van der Waals surface area contributed by atoms with Crippen molar-refractivity contribution < 1.29 is 9.53 Å². The minimum atomic E-state index is -0.0437. The van der Waals surface area contributed by atoms with E-state index in [1.807, 2.05) is 25.2 Å². The Morgan fingerprint density at radius 1 is 1.00 bits per heavy atom. The third-order valence-corrected chi connectivity index (χ3v) is 5.63. The summed E-state index contributed by atoms with van der Waals surface area (Å²) in [5.74, 6) is 1.77. The van der Waals surface area contributed by atoms with Gasteiger partial charge in [0.05, 0.1) is 24.2 Å². The van der Waals surface area contributed by atoms with E-state index >= 15 is 0 Å². The molecule has 2 heterocycles. The van der Waals surface area contributed by atoms with E-state index in [4.69, 9.17) is 9.72 Å². The number of nitrogens with zero attached hydrogens (tertiary/aromatic N) is 4. The largest absolute Gasteiger partial charge is 0.494 e. The van der Waals surface area contributed by atoms with Crippen LogP contribution in [0.5, 0.6) is 5.75 Å². The molecule has 6 nitrogen and oxygen atoms in total. The number of pyridine rings is 1. The fourth-order valence-corrected chi connectivity index (χ4v) is 4.07. The van der Waals surface area contributed by atoms with E-state index in [9.17, 15) is 4.79 Å². The van der Waals surface area contributed by atoms with E-state index in [-0.39, 0.29) is 5.91 Å². The van der Waals surface area contributed by atoms with Gasteiger partial charge in [-0.2, -0.15) is 0 Å². The Morgan fingerprint density at radius 3 is 2.48 bits per heavy atom. The number of para-hydroxylation sites is 2. The summed E-state index contributed by atoms with van der Waals surface area (Å²) in [4.78, 5) is 23.3. The van der Waals surface area contributed by atoms with Gasteiger partial charge in [-0.1, -0.05) is 18.2 Å². The molecule has 0 bridgehead atoms. The van der Waals surface area contributed by atoms with Gasteiger partial charge in [0.2, 0.25) is 0 Å². The lowest BCUT2D eigenvalue weighted by Crippen LogP contribution is -2.27. The molecule has 170 valence electrons. The smallest absolute Gasteiger partial charge is 0.254 e. The van der Waals surface area contributed by atoms with Crippen LogP contribution in [-0.4, -0.2) is 39.0 Å². The molecule has 0 unspecified atom stereocenters. The van der Waals surface area contributed by atoms with E-state index in [1.54, 1.807) is 29.4 Å². The van der Waals surface area contributed by atoms with Gasteiger partial charge in [-0.3, -0.25) is 9.78 Å². The standard InChI is InChI=1S/C27H30N4O2/c1-20-16-21(2)18-23(17-20)33-15-7-6-14-31-25-9-5-4-8-24(25)29-26(31)19-30(3)27(32)22-10-12-28-13-11-22/h4-5,8-13,16-18H,6-7,14-15,19H2,1-3H3. The van der Waals surface area contributed by atoms with Crippen LogP contribution in [0.4, 0.5) is 0 Å². The Balaban J connectivity index is 1.41. The molecule has 0 aliphatic carbocycles. The number of aryl methyl sites for hydroxylation is 3. The zero-order chi connectivity index (χ0) is 23.2. The predicted molar refractivity (Wildman–Crippen MR) is 130 cm³/mol. The lowest BCUT2D eigenvalue weighted by Gasteiger charge is -2.18. The summed E-state index contributed by atoms with van der Waals surface area (Å²) in [6.07, 6.45) is 5.16. The number of imidazole rings is 1. The molecule has 0 saturated carbocycles. The first-order valence-corrected chi connectivity index (χ1v) is 11.3. The van der Waals surface area contributed by atoms with Crippen molar-refractivity contribution in [3.05, 3.63) is 89.5 Å². The van der Waals surface area contributed by atoms with Gasteiger partial charge in [-0.25, -0.2) is 4.98 Å². The monoisotopic (exact) mass is 442 g/mol. The molecule has 4 rings (SSSR count). The highest BCUT2D eigenvalue weighted by Gasteiger charge is 2.17. The van der Waals surface area contributed by atoms with Crippen molar-refractivity contribution in [1.29, 1.82) is 0 Å². The van der Waals surface area contributed by atoms with Gasteiger partial charge < -0.3 is 14.2 Å². The summed E-state index contributed by atoms with van der Waals surface area (Å²) in [6.45, 7) is 6.10. The molecule has 2 aromatic heterocycles. The third kappa shape index (κ3) is 5.58. The Bertz CT molecular complexity index is 1210. The number of ether oxygens (including phenoxy) is 1. The van der Waals surface area contributed by atoms with Crippen molar-refractivity contribution >= 4 is 16.9 Å². The van der Waals surface area contributed by atoms with Crippen LogP contribution in [0.1, 0.15) is 40.2 Å². The van der Waals surface area contributed by atoms with E-state index in [2.05, 4.69) is 47.7 Å². The average Bonchev–Trinajstić information content (AvgIpc) is 3.15. The number of amides is 1. The molecule has 0 atom stereocenters. The van der Waals surface area contributed by atoms with Crippen molar-refractivity contribution in [3.63, 3.8) is 0 Å². The number of carbonyl (C=O) groups excluding carboxylic acids is 1. The lowest BCUT2D eigenvalue weighted by molar-refractivity contribution is 0.0780. The fourth-order valence-electron chi connectivity index (χ4n) is 4.07. The van der Waals surface area contributed by atoms with Crippen LogP contribution in [0.15, 0.2) is 67.0 Å². The first kappa shape index (κ1) is 22.5. The van der Waals surface area contributed by atoms with Crippen molar-refractivity contribution in [1.82, 2.24) is 19.4 Å². The lowest BCUT2D eigenvalue weighted by atomic mass is 10.1. The molecule has 2 aromatic carbocycles. The van der Waals surface area contributed by atoms with Gasteiger partial charge in [0, 0.05) is 31.5 Å². The highest BCUT2D eigenvalue weighted by molar-refractivity contribution is 5.93. The average molecular weight is 443 g/mol. The quantitative estimate of drug-likeness (QED) is 0.335. The summed E-state index contributed by atoms with van der Waals surface area (Å²) in [7, 11) is 1.81. The first-order chi connectivity index (χ1) is 16.0. The van der Waals surface area contributed by atoms with Gasteiger partial charge in [-0.15, -0.1) is 0 Å². The van der Waals surface area contributed by atoms with Crippen molar-refractivity contribution in [2.24, 2.45) is 0 Å². The van der Waals surface area contributed by atoms with Gasteiger partial charge in [-0.05, 0) is 74.2 Å². The highest BCUT2D eigenvalue weighted by Crippen LogP contribution is 2.20. The first-order valence-electron chi connectivity index (χ1n) is 11.3. The van der Waals surface area contributed by atoms with E-state index in [1.165, 1.54) is 11.1 Å². The molecule has 33 heavy (non-hydrogen) atoms. The summed E-state index contributed by atoms with van der Waals surface area (Å²) in [6, 6.07) is 17.9. The molecule has 0 aliphatic rings. The maximum Gasteiger partial charge on any atom is 0.254 e. The summed E-state index contributed by atoms with van der Waals surface area (Å²) < 4.78 is 8.19. The number of benzene rings is 2. The molecule has 0 N–H and O–H groups in total. The van der Waals surface area contributed by atoms with Crippen LogP contribution in [-0.2, 0) is 13.1 Å². The topological polar surface area (TPSA) is 60.2 Å². The van der Waals surface area contributed by atoms with Crippen molar-refractivity contribution in [2.75, 3.05) is 13.7 Å². The molecule has 0 radical (unpaired) electrons. The Hall–Kier alpha value is -3.67. The molecular formula is C27H30N4O2. The van der Waals surface area contributed by atoms with Gasteiger partial charge in [0.1, 0.15) is 11.6 Å². The number of rotatable bonds is 9. The summed E-state index contributed by atoms with van der Waals surface area (Å²) >= 11 is 0. The number of hydrogen-bond acceptors (Lipinski definition) is 4. The van der Waals surface area contributed by atoms with Crippen LogP contribution >= 0.6 is 0 Å². The minimum absolute atomic E-state index is 0.0437. The van der Waals surface area contributed by atoms with Gasteiger partial charge in [0.15, 0.2) is 0 Å². The fraction of sp³-hybridized carbons (Fsp3) is 0.296. The normalized spacial score (nSPS) is 11.0. The molecule has 4 aromatic rings. The maximum atomic E-state index is 12.8. The second kappa shape index (κ2) is 10.3. The van der Waals surface area contributed by atoms with Crippen LogP contribution in [0, 0.1) is 13.8 Å². The zero-order valence-electron chi connectivity index (χ0n) is 19.5. The Morgan fingerprint density at radius 2 is 1.73 bits per heavy atom. The van der Waals surface area contributed by atoms with Crippen molar-refractivity contribution in [2.45, 2.75) is 39.8 Å².